The Labute approximate surface area is 266 Å². The predicted molar refractivity (Wildman–Crippen MR) is 169 cm³/mol. The van der Waals surface area contributed by atoms with Crippen LogP contribution in [0.15, 0.2) is 58.3 Å². The van der Waals surface area contributed by atoms with E-state index in [2.05, 4.69) is 0 Å². The lowest BCUT2D eigenvalue weighted by molar-refractivity contribution is -0.137. The molecular weight excluding hydrogens is 608 g/mol. The van der Waals surface area contributed by atoms with Gasteiger partial charge in [0, 0.05) is 48.5 Å². The number of ether oxygens (including phenoxy) is 3. The van der Waals surface area contributed by atoms with E-state index in [1.165, 1.54) is 19.0 Å². The maximum Gasteiger partial charge on any atom is 0.410 e. The normalized spacial score (nSPS) is 11.0. The highest BCUT2D eigenvalue weighted by molar-refractivity contribution is 7.99. The molecule has 0 heterocycles. The number of amides is 3. The fourth-order valence-corrected chi connectivity index (χ4v) is 5.28. The summed E-state index contributed by atoms with van der Waals surface area (Å²) < 4.78 is 15.8. The van der Waals surface area contributed by atoms with E-state index < -0.39 is 29.5 Å². The van der Waals surface area contributed by atoms with Crippen molar-refractivity contribution in [3.8, 4) is 11.5 Å². The van der Waals surface area contributed by atoms with Crippen LogP contribution in [0.3, 0.4) is 0 Å². The van der Waals surface area contributed by atoms with Gasteiger partial charge in [0.2, 0.25) is 12.3 Å². The summed E-state index contributed by atoms with van der Waals surface area (Å²) in [5, 5.41) is 0. The predicted octanol–water partition coefficient (Wildman–Crippen LogP) is 3.12. The molecule has 0 atom stereocenters. The summed E-state index contributed by atoms with van der Waals surface area (Å²) in [4.78, 5) is 64.6. The van der Waals surface area contributed by atoms with Gasteiger partial charge in [0.15, 0.2) is 0 Å². The summed E-state index contributed by atoms with van der Waals surface area (Å²) in [5.74, 6) is 0.650. The summed E-state index contributed by atoms with van der Waals surface area (Å²) in [6.45, 7) is 6.26. The van der Waals surface area contributed by atoms with Crippen molar-refractivity contribution in [2.75, 3.05) is 58.3 Å². The molecule has 0 saturated heterocycles. The Hall–Kier alpha value is -3.75. The maximum absolute atomic E-state index is 12.2. The number of carbonyl (C=O) groups excluding carboxylic acids is 5. The first kappa shape index (κ1) is 36.4. The van der Waals surface area contributed by atoms with E-state index in [0.29, 0.717) is 42.5 Å². The molecule has 0 aliphatic carbocycles. The lowest BCUT2D eigenvalue weighted by Crippen LogP contribution is -2.38. The molecule has 0 bridgehead atoms. The van der Waals surface area contributed by atoms with Crippen molar-refractivity contribution >= 4 is 53.9 Å². The molecule has 2 aromatic rings. The fraction of sp³-hybridized carbons (Fsp3) is 0.433. The molecule has 2 aromatic carbocycles. The molecule has 44 heavy (non-hydrogen) atoms. The number of hydrogen-bond donors (Lipinski definition) is 1. The Morgan fingerprint density at radius 2 is 1.23 bits per heavy atom. The van der Waals surface area contributed by atoms with E-state index in [-0.39, 0.29) is 19.6 Å². The van der Waals surface area contributed by atoms with Crippen molar-refractivity contribution in [1.82, 2.24) is 14.7 Å². The van der Waals surface area contributed by atoms with Crippen molar-refractivity contribution in [3.05, 3.63) is 48.5 Å². The molecule has 2 N–H and O–H groups in total. The highest BCUT2D eigenvalue weighted by Crippen LogP contribution is 2.23. The van der Waals surface area contributed by atoms with Crippen molar-refractivity contribution in [2.24, 2.45) is 5.73 Å². The molecule has 12 nitrogen and oxygen atoms in total. The van der Waals surface area contributed by atoms with Crippen LogP contribution in [0, 0.1) is 0 Å². The highest BCUT2D eigenvalue weighted by atomic mass is 32.2. The number of primary amides is 1. The Kier molecular flexibility index (Phi) is 15.0. The van der Waals surface area contributed by atoms with Gasteiger partial charge in [-0.15, -0.1) is 23.5 Å². The molecule has 240 valence electrons. The minimum Gasteiger partial charge on any atom is -0.444 e. The van der Waals surface area contributed by atoms with Gasteiger partial charge in [0.1, 0.15) is 30.2 Å². The van der Waals surface area contributed by atoms with Crippen LogP contribution in [0.5, 0.6) is 11.5 Å². The molecule has 0 radical (unpaired) electrons. The van der Waals surface area contributed by atoms with Gasteiger partial charge < -0.3 is 29.7 Å². The Morgan fingerprint density at radius 1 is 0.773 bits per heavy atom. The fourth-order valence-electron chi connectivity index (χ4n) is 3.45. The smallest absolute Gasteiger partial charge is 0.410 e. The molecule has 0 aliphatic heterocycles. The topological polar surface area (TPSA) is 149 Å². The van der Waals surface area contributed by atoms with E-state index in [9.17, 15) is 24.0 Å². The van der Waals surface area contributed by atoms with Crippen LogP contribution in [0.25, 0.3) is 0 Å². The van der Waals surface area contributed by atoms with Crippen LogP contribution in [-0.2, 0) is 23.9 Å². The number of carbonyl (C=O) groups is 5. The van der Waals surface area contributed by atoms with Crippen molar-refractivity contribution in [3.63, 3.8) is 0 Å². The average Bonchev–Trinajstić information content (AvgIpc) is 2.93. The highest BCUT2D eigenvalue weighted by Gasteiger charge is 2.22. The van der Waals surface area contributed by atoms with Gasteiger partial charge >= 0.3 is 18.0 Å². The van der Waals surface area contributed by atoms with E-state index in [1.807, 2.05) is 29.2 Å². The first-order chi connectivity index (χ1) is 20.7. The second kappa shape index (κ2) is 18.1. The first-order valence-electron chi connectivity index (χ1n) is 13.7. The van der Waals surface area contributed by atoms with Gasteiger partial charge in [-0.25, -0.2) is 14.4 Å². The van der Waals surface area contributed by atoms with Crippen molar-refractivity contribution in [2.45, 2.75) is 36.2 Å². The Morgan fingerprint density at radius 3 is 1.64 bits per heavy atom. The number of likely N-dealkylation sites (N-methyl/N-ethyl adjacent to an activating group) is 2. The number of nitrogens with two attached hydrogens (primary N) is 1. The lowest BCUT2D eigenvalue weighted by Gasteiger charge is -2.24. The van der Waals surface area contributed by atoms with Crippen LogP contribution < -0.4 is 15.2 Å². The van der Waals surface area contributed by atoms with E-state index in [4.69, 9.17) is 19.9 Å². The van der Waals surface area contributed by atoms with Crippen LogP contribution in [0.4, 0.5) is 4.79 Å². The molecule has 0 aromatic heterocycles. The zero-order valence-corrected chi connectivity index (χ0v) is 27.3. The first-order valence-corrected chi connectivity index (χ1v) is 15.7. The van der Waals surface area contributed by atoms with E-state index in [1.54, 1.807) is 68.6 Å². The number of hydrogen-bond acceptors (Lipinski definition) is 11. The van der Waals surface area contributed by atoms with Gasteiger partial charge in [-0.2, -0.15) is 0 Å². The molecule has 0 fully saturated rings. The summed E-state index contributed by atoms with van der Waals surface area (Å²) in [6, 6.07) is 14.1. The molecule has 0 saturated carbocycles. The summed E-state index contributed by atoms with van der Waals surface area (Å²) in [5.41, 5.74) is 4.79. The number of thioether (sulfide) groups is 2. The van der Waals surface area contributed by atoms with Gasteiger partial charge in [-0.05, 0) is 69.3 Å². The second-order valence-electron chi connectivity index (χ2n) is 10.7. The maximum atomic E-state index is 12.2. The van der Waals surface area contributed by atoms with Crippen LogP contribution in [0.2, 0.25) is 0 Å². The minimum absolute atomic E-state index is 0.133. The summed E-state index contributed by atoms with van der Waals surface area (Å²) in [7, 11) is 2.96. The quantitative estimate of drug-likeness (QED) is 0.117. The molecule has 2 rings (SSSR count). The standard InChI is InChI=1S/C30H40N4O8S2/c1-30(2,3)42-29(39)33(5)20-28(38)41-23-8-12-25(13-9-23)44-17-15-34(18-26(31)36)14-16-43-24-10-6-22(7-11-24)40-27(37)19-32(4)21-35/h6-13,21H,14-20H2,1-5H3,(H2,31,36). The number of rotatable bonds is 17. The number of esters is 2. The van der Waals surface area contributed by atoms with Gasteiger partial charge in [-0.1, -0.05) is 0 Å². The van der Waals surface area contributed by atoms with E-state index >= 15 is 0 Å². The number of benzene rings is 2. The molecule has 14 heteroatoms. The SMILES string of the molecule is CN(C=O)CC(=O)Oc1ccc(SCCN(CCSc2ccc(OC(=O)CN(C)C(=O)OC(C)(C)C)cc2)CC(N)=O)cc1. The Balaban J connectivity index is 1.76. The third-order valence-corrected chi connectivity index (χ3v) is 7.46. The van der Waals surface area contributed by atoms with Crippen LogP contribution >= 0.6 is 23.5 Å². The molecule has 0 aliphatic rings. The lowest BCUT2D eigenvalue weighted by atomic mass is 10.2. The monoisotopic (exact) mass is 648 g/mol. The molecular formula is C30H40N4O8S2. The third-order valence-electron chi connectivity index (χ3n) is 5.47. The zero-order chi connectivity index (χ0) is 32.7. The van der Waals surface area contributed by atoms with Crippen LogP contribution in [0.1, 0.15) is 20.8 Å². The van der Waals surface area contributed by atoms with Crippen molar-refractivity contribution in [1.29, 1.82) is 0 Å². The Bertz CT molecular complexity index is 1250. The molecule has 0 unspecified atom stereocenters. The van der Waals surface area contributed by atoms with Gasteiger partial charge in [0.25, 0.3) is 0 Å². The summed E-state index contributed by atoms with van der Waals surface area (Å²) >= 11 is 3.19. The molecule has 0 spiro atoms. The van der Waals surface area contributed by atoms with E-state index in [0.717, 1.165) is 14.7 Å². The average molecular weight is 649 g/mol. The van der Waals surface area contributed by atoms with Crippen LogP contribution in [-0.4, -0.2) is 109 Å². The van der Waals surface area contributed by atoms with Crippen molar-refractivity contribution < 1.29 is 38.2 Å². The van der Waals surface area contributed by atoms with Gasteiger partial charge in [-0.3, -0.25) is 14.5 Å². The largest absolute Gasteiger partial charge is 0.444 e. The molecule has 3 amide bonds. The second-order valence-corrected chi connectivity index (χ2v) is 13.0. The third kappa shape index (κ3) is 15.1. The minimum atomic E-state index is -0.663. The zero-order valence-electron chi connectivity index (χ0n) is 25.6. The summed E-state index contributed by atoms with van der Waals surface area (Å²) in [6.07, 6.45) is -0.0565. The van der Waals surface area contributed by atoms with Gasteiger partial charge in [0.05, 0.1) is 6.54 Å². The number of nitrogens with zero attached hydrogens (tertiary/aromatic N) is 3.